The fourth-order valence-electron chi connectivity index (χ4n) is 3.93. The Hall–Kier alpha value is -3.32. The molecule has 0 unspecified atom stereocenters. The summed E-state index contributed by atoms with van der Waals surface area (Å²) in [6.45, 7) is 7.88. The highest BCUT2D eigenvalue weighted by Gasteiger charge is 2.19. The van der Waals surface area contributed by atoms with Crippen LogP contribution in [0, 0.1) is 12.7 Å². The summed E-state index contributed by atoms with van der Waals surface area (Å²) >= 11 is 0. The molecule has 0 saturated heterocycles. The van der Waals surface area contributed by atoms with Gasteiger partial charge in [0.15, 0.2) is 11.6 Å². The van der Waals surface area contributed by atoms with Crippen LogP contribution >= 0.6 is 0 Å². The van der Waals surface area contributed by atoms with Gasteiger partial charge in [-0.2, -0.15) is 4.68 Å². The summed E-state index contributed by atoms with van der Waals surface area (Å²) in [6, 6.07) is 13.0. The molecule has 4 rings (SSSR count). The number of halogens is 1. The van der Waals surface area contributed by atoms with Crippen molar-refractivity contribution < 1.29 is 9.50 Å². The lowest BCUT2D eigenvalue weighted by molar-refractivity contribution is 0.264. The fraction of sp³-hybridized carbons (Fsp3) is 0.292. The van der Waals surface area contributed by atoms with Crippen LogP contribution in [0.3, 0.4) is 0 Å². The first kappa shape index (κ1) is 20.9. The van der Waals surface area contributed by atoms with Crippen LogP contribution in [0.15, 0.2) is 47.3 Å². The molecule has 0 amide bonds. The number of aliphatic hydroxyl groups is 1. The van der Waals surface area contributed by atoms with E-state index in [1.807, 2.05) is 37.3 Å². The molecule has 0 radical (unpaired) electrons. The lowest BCUT2D eigenvalue weighted by Crippen LogP contribution is -2.24. The third-order valence-corrected chi connectivity index (χ3v) is 5.58. The average Bonchev–Trinajstić information content (AvgIpc) is 3.07. The lowest BCUT2D eigenvalue weighted by Gasteiger charge is -2.15. The van der Waals surface area contributed by atoms with Gasteiger partial charge in [-0.05, 0) is 43.0 Å². The second-order valence-corrected chi connectivity index (χ2v) is 7.90. The maximum atomic E-state index is 15.2. The molecule has 6 nitrogen and oxygen atoms in total. The summed E-state index contributed by atoms with van der Waals surface area (Å²) in [5, 5.41) is 14.4. The number of aromatic nitrogens is 4. The maximum absolute atomic E-state index is 15.2. The van der Waals surface area contributed by atoms with Crippen molar-refractivity contribution in [1.82, 2.24) is 19.3 Å². The molecule has 4 aromatic rings. The van der Waals surface area contributed by atoms with Crippen molar-refractivity contribution in [3.05, 3.63) is 75.7 Å². The smallest absolute Gasteiger partial charge is 0.350 e. The zero-order valence-electron chi connectivity index (χ0n) is 18.1. The minimum Gasteiger partial charge on any atom is -0.388 e. The number of fused-ring (bicyclic) bond motifs is 1. The van der Waals surface area contributed by atoms with Crippen molar-refractivity contribution in [2.75, 3.05) is 0 Å². The normalized spacial score (nSPS) is 11.6. The second-order valence-electron chi connectivity index (χ2n) is 7.90. The quantitative estimate of drug-likeness (QED) is 0.522. The Bertz CT molecular complexity index is 1340. The zero-order chi connectivity index (χ0) is 22.3. The molecule has 160 valence electrons. The third kappa shape index (κ3) is 3.55. The molecule has 0 spiro atoms. The Balaban J connectivity index is 1.99. The minimum absolute atomic E-state index is 0.0479. The summed E-state index contributed by atoms with van der Waals surface area (Å²) < 4.78 is 17.5. The molecule has 0 fully saturated rings. The molecule has 0 aliphatic carbocycles. The Morgan fingerprint density at radius 1 is 1.16 bits per heavy atom. The lowest BCUT2D eigenvalue weighted by atomic mass is 9.95. The minimum atomic E-state index is -0.594. The molecular weight excluding hydrogens is 395 g/mol. The van der Waals surface area contributed by atoms with Crippen LogP contribution in [-0.2, 0) is 13.2 Å². The number of rotatable bonds is 5. The number of hydrogen-bond acceptors (Lipinski definition) is 4. The predicted octanol–water partition coefficient (Wildman–Crippen LogP) is 4.33. The van der Waals surface area contributed by atoms with E-state index in [-0.39, 0.29) is 17.4 Å². The maximum Gasteiger partial charge on any atom is 0.350 e. The molecule has 31 heavy (non-hydrogen) atoms. The van der Waals surface area contributed by atoms with E-state index in [0.29, 0.717) is 12.1 Å². The van der Waals surface area contributed by atoms with Crippen molar-refractivity contribution >= 4 is 10.9 Å². The van der Waals surface area contributed by atoms with Crippen molar-refractivity contribution in [1.29, 1.82) is 0 Å². The summed E-state index contributed by atoms with van der Waals surface area (Å²) in [7, 11) is 0. The summed E-state index contributed by atoms with van der Waals surface area (Å²) in [5.74, 6) is -0.238. The first-order chi connectivity index (χ1) is 14.8. The van der Waals surface area contributed by atoms with Gasteiger partial charge in [-0.25, -0.2) is 14.2 Å². The summed E-state index contributed by atoms with van der Waals surface area (Å²) in [5.41, 5.74) is 3.98. The van der Waals surface area contributed by atoms with Gasteiger partial charge in [-0.15, -0.1) is 5.10 Å². The van der Waals surface area contributed by atoms with Crippen LogP contribution in [0.4, 0.5) is 4.39 Å². The predicted molar refractivity (Wildman–Crippen MR) is 119 cm³/mol. The van der Waals surface area contributed by atoms with Gasteiger partial charge in [0.1, 0.15) is 12.3 Å². The largest absolute Gasteiger partial charge is 0.388 e. The molecule has 0 aliphatic heterocycles. The van der Waals surface area contributed by atoms with E-state index in [9.17, 15) is 9.90 Å². The highest BCUT2D eigenvalue weighted by molar-refractivity contribution is 5.88. The van der Waals surface area contributed by atoms with Crippen molar-refractivity contribution in [3.63, 3.8) is 0 Å². The average molecular weight is 420 g/mol. The highest BCUT2D eigenvalue weighted by Crippen LogP contribution is 2.32. The molecule has 7 heteroatoms. The molecule has 2 aromatic carbocycles. The Morgan fingerprint density at radius 3 is 2.52 bits per heavy atom. The zero-order valence-corrected chi connectivity index (χ0v) is 18.1. The monoisotopic (exact) mass is 420 g/mol. The Kier molecular flexibility index (Phi) is 5.45. The van der Waals surface area contributed by atoms with Gasteiger partial charge in [-0.1, -0.05) is 38.1 Å². The van der Waals surface area contributed by atoms with E-state index < -0.39 is 18.1 Å². The molecule has 0 atom stereocenters. The van der Waals surface area contributed by atoms with Crippen LogP contribution in [0.2, 0.25) is 0 Å². The molecule has 2 aromatic heterocycles. The van der Waals surface area contributed by atoms with Crippen LogP contribution < -0.4 is 5.69 Å². The van der Waals surface area contributed by atoms with E-state index in [1.165, 1.54) is 10.6 Å². The molecule has 0 aliphatic rings. The number of nitrogens with zero attached hydrogens (tertiary/aromatic N) is 4. The molecule has 1 N–H and O–H groups in total. The molecule has 0 saturated carbocycles. The first-order valence-electron chi connectivity index (χ1n) is 10.4. The van der Waals surface area contributed by atoms with Gasteiger partial charge in [-0.3, -0.25) is 4.57 Å². The Morgan fingerprint density at radius 2 is 1.90 bits per heavy atom. The summed E-state index contributed by atoms with van der Waals surface area (Å²) in [4.78, 5) is 17.5. The van der Waals surface area contributed by atoms with Crippen LogP contribution in [0.25, 0.3) is 27.8 Å². The Labute approximate surface area is 179 Å². The fourth-order valence-corrected chi connectivity index (χ4v) is 3.93. The number of benzene rings is 2. The van der Waals surface area contributed by atoms with E-state index in [4.69, 9.17) is 4.98 Å². The van der Waals surface area contributed by atoms with Gasteiger partial charge < -0.3 is 5.11 Å². The number of pyridine rings is 1. The highest BCUT2D eigenvalue weighted by atomic mass is 19.1. The number of aryl methyl sites for hydroxylation is 1. The van der Waals surface area contributed by atoms with Crippen LogP contribution in [0.5, 0.6) is 0 Å². The van der Waals surface area contributed by atoms with Crippen LogP contribution in [-0.4, -0.2) is 24.4 Å². The van der Waals surface area contributed by atoms with Crippen molar-refractivity contribution in [2.45, 2.75) is 46.8 Å². The molecule has 0 bridgehead atoms. The molecule has 2 heterocycles. The SMILES string of the molecule is CCn1c(CO)nn(-c2cc3c(C(C)C)cc(-c4ccccc4C)nc3cc2F)c1=O. The standard InChI is InChI=1S/C24H25FN4O2/c1-5-28-23(13-30)27-29(24(28)31)22-11-18-17(14(2)3)10-20(26-21(18)12-19(22)25)16-9-7-6-8-15(16)4/h6-12,14,30H,5,13H2,1-4H3. The van der Waals surface area contributed by atoms with Crippen molar-refractivity contribution in [2.24, 2.45) is 0 Å². The van der Waals surface area contributed by atoms with Crippen molar-refractivity contribution in [3.8, 4) is 16.9 Å². The summed E-state index contributed by atoms with van der Waals surface area (Å²) in [6.07, 6.45) is 0. The van der Waals surface area contributed by atoms with E-state index in [2.05, 4.69) is 18.9 Å². The first-order valence-corrected chi connectivity index (χ1v) is 10.4. The third-order valence-electron chi connectivity index (χ3n) is 5.58. The second kappa shape index (κ2) is 8.07. The van der Waals surface area contributed by atoms with Gasteiger partial charge in [0, 0.05) is 23.6 Å². The van der Waals surface area contributed by atoms with Gasteiger partial charge >= 0.3 is 5.69 Å². The molecular formula is C24H25FN4O2. The van der Waals surface area contributed by atoms with Crippen LogP contribution in [0.1, 0.15) is 43.6 Å². The number of hydrogen-bond donors (Lipinski definition) is 1. The topological polar surface area (TPSA) is 72.9 Å². The van der Waals surface area contributed by atoms with E-state index in [0.717, 1.165) is 32.5 Å². The number of aliphatic hydroxyl groups excluding tert-OH is 1. The van der Waals surface area contributed by atoms with Gasteiger partial charge in [0.2, 0.25) is 0 Å². The van der Waals surface area contributed by atoms with E-state index in [1.54, 1.807) is 13.0 Å². The van der Waals surface area contributed by atoms with Gasteiger partial charge in [0.05, 0.1) is 11.2 Å². The van der Waals surface area contributed by atoms with E-state index >= 15 is 4.39 Å². The van der Waals surface area contributed by atoms with Gasteiger partial charge in [0.25, 0.3) is 0 Å².